The Morgan fingerprint density at radius 3 is 2.75 bits per heavy atom. The summed E-state index contributed by atoms with van der Waals surface area (Å²) in [7, 11) is 0. The van der Waals surface area contributed by atoms with Gasteiger partial charge in [-0.15, -0.1) is 0 Å². The molecular formula is C12H14ClIN2O3S. The van der Waals surface area contributed by atoms with E-state index in [9.17, 15) is 9.59 Å². The quantitative estimate of drug-likeness (QED) is 0.608. The van der Waals surface area contributed by atoms with Gasteiger partial charge in [0.25, 0.3) is 0 Å². The maximum atomic E-state index is 11.8. The number of aliphatic carboxylic acids is 1. The van der Waals surface area contributed by atoms with Gasteiger partial charge in [0.1, 0.15) is 6.04 Å². The van der Waals surface area contributed by atoms with Gasteiger partial charge < -0.3 is 15.7 Å². The monoisotopic (exact) mass is 428 g/mol. The Morgan fingerprint density at radius 1 is 1.50 bits per heavy atom. The Kier molecular flexibility index (Phi) is 7.46. The first-order valence-corrected chi connectivity index (χ1v) is 8.53. The van der Waals surface area contributed by atoms with E-state index >= 15 is 0 Å². The molecule has 20 heavy (non-hydrogen) atoms. The molecular weight excluding hydrogens is 415 g/mol. The van der Waals surface area contributed by atoms with Gasteiger partial charge in [-0.05, 0) is 59.2 Å². The normalized spacial score (nSPS) is 11.8. The van der Waals surface area contributed by atoms with Crippen LogP contribution in [0.2, 0.25) is 5.02 Å². The van der Waals surface area contributed by atoms with Crippen LogP contribution in [0.3, 0.4) is 0 Å². The fourth-order valence-electron chi connectivity index (χ4n) is 1.40. The predicted molar refractivity (Wildman–Crippen MR) is 90.7 cm³/mol. The van der Waals surface area contributed by atoms with Crippen LogP contribution in [0.15, 0.2) is 18.2 Å². The Labute approximate surface area is 140 Å². The molecule has 0 spiro atoms. The molecule has 0 bridgehead atoms. The molecule has 0 saturated heterocycles. The van der Waals surface area contributed by atoms with E-state index in [4.69, 9.17) is 16.7 Å². The molecule has 1 aromatic rings. The molecule has 0 radical (unpaired) electrons. The molecule has 0 aliphatic carbocycles. The van der Waals surface area contributed by atoms with Gasteiger partial charge in [0.2, 0.25) is 0 Å². The minimum Gasteiger partial charge on any atom is -0.480 e. The molecule has 1 rings (SSSR count). The molecule has 1 atom stereocenters. The first-order chi connectivity index (χ1) is 9.43. The average molecular weight is 429 g/mol. The SMILES string of the molecule is CSCCC(NC(=O)Nc1ccc(I)cc1Cl)C(=O)O. The number of carboxylic acid groups (broad SMARTS) is 1. The van der Waals surface area contributed by atoms with E-state index in [1.807, 2.05) is 6.26 Å². The number of urea groups is 1. The van der Waals surface area contributed by atoms with Gasteiger partial charge in [-0.2, -0.15) is 11.8 Å². The van der Waals surface area contributed by atoms with Crippen LogP contribution in [0, 0.1) is 3.57 Å². The zero-order valence-corrected chi connectivity index (χ0v) is 14.4. The van der Waals surface area contributed by atoms with E-state index in [2.05, 4.69) is 33.2 Å². The summed E-state index contributed by atoms with van der Waals surface area (Å²) in [4.78, 5) is 22.8. The number of halogens is 2. The molecule has 110 valence electrons. The van der Waals surface area contributed by atoms with Crippen LogP contribution in [0.25, 0.3) is 0 Å². The van der Waals surface area contributed by atoms with Crippen molar-refractivity contribution in [3.05, 3.63) is 26.8 Å². The third-order valence-corrected chi connectivity index (χ3v) is 4.02. The molecule has 0 saturated carbocycles. The maximum Gasteiger partial charge on any atom is 0.326 e. The number of carbonyl (C=O) groups excluding carboxylic acids is 1. The van der Waals surface area contributed by atoms with E-state index in [-0.39, 0.29) is 0 Å². The summed E-state index contributed by atoms with van der Waals surface area (Å²) < 4.78 is 0.946. The second-order valence-electron chi connectivity index (χ2n) is 3.89. The smallest absolute Gasteiger partial charge is 0.326 e. The number of rotatable bonds is 6. The summed E-state index contributed by atoms with van der Waals surface area (Å²) in [6, 6.07) is 3.68. The highest BCUT2D eigenvalue weighted by Crippen LogP contribution is 2.23. The van der Waals surface area contributed by atoms with Crippen molar-refractivity contribution in [1.29, 1.82) is 0 Å². The Morgan fingerprint density at radius 2 is 2.20 bits per heavy atom. The second-order valence-corrected chi connectivity index (χ2v) is 6.53. The Hall–Kier alpha value is -0.670. The van der Waals surface area contributed by atoms with Crippen LogP contribution in [0.1, 0.15) is 6.42 Å². The number of carboxylic acids is 1. The predicted octanol–water partition coefficient (Wildman–Crippen LogP) is 3.27. The lowest BCUT2D eigenvalue weighted by Crippen LogP contribution is -2.43. The fraction of sp³-hybridized carbons (Fsp3) is 0.333. The van der Waals surface area contributed by atoms with Crippen LogP contribution in [0.5, 0.6) is 0 Å². The van der Waals surface area contributed by atoms with Crippen molar-refractivity contribution in [2.45, 2.75) is 12.5 Å². The van der Waals surface area contributed by atoms with Crippen LogP contribution in [-0.4, -0.2) is 35.2 Å². The van der Waals surface area contributed by atoms with Gasteiger partial charge >= 0.3 is 12.0 Å². The van der Waals surface area contributed by atoms with Gasteiger partial charge in [-0.1, -0.05) is 11.6 Å². The summed E-state index contributed by atoms with van der Waals surface area (Å²) >= 11 is 9.62. The van der Waals surface area contributed by atoms with Crippen molar-refractivity contribution < 1.29 is 14.7 Å². The summed E-state index contributed by atoms with van der Waals surface area (Å²) in [5.41, 5.74) is 0.443. The average Bonchev–Trinajstić information content (AvgIpc) is 2.37. The Balaban J connectivity index is 2.63. The van der Waals surface area contributed by atoms with Gasteiger partial charge in [0, 0.05) is 3.57 Å². The van der Waals surface area contributed by atoms with Crippen molar-refractivity contribution in [3.63, 3.8) is 0 Å². The minimum absolute atomic E-state index is 0.365. The molecule has 0 aliphatic heterocycles. The van der Waals surface area contributed by atoms with Crippen LogP contribution >= 0.6 is 46.0 Å². The van der Waals surface area contributed by atoms with Gasteiger partial charge in [-0.25, -0.2) is 9.59 Å². The molecule has 0 fully saturated rings. The second kappa shape index (κ2) is 8.58. The number of benzene rings is 1. The molecule has 0 aromatic heterocycles. The molecule has 1 aromatic carbocycles. The van der Waals surface area contributed by atoms with Crippen molar-refractivity contribution in [3.8, 4) is 0 Å². The summed E-state index contributed by atoms with van der Waals surface area (Å²) in [6.45, 7) is 0. The molecule has 0 heterocycles. The zero-order chi connectivity index (χ0) is 15.1. The lowest BCUT2D eigenvalue weighted by atomic mass is 10.2. The highest BCUT2D eigenvalue weighted by Gasteiger charge is 2.19. The minimum atomic E-state index is -1.05. The van der Waals surface area contributed by atoms with Crippen molar-refractivity contribution in [1.82, 2.24) is 5.32 Å². The van der Waals surface area contributed by atoms with E-state index in [0.29, 0.717) is 22.9 Å². The third kappa shape index (κ3) is 5.76. The number of hydrogen-bond donors (Lipinski definition) is 3. The number of carbonyl (C=O) groups is 2. The summed E-state index contributed by atoms with van der Waals surface area (Å²) in [5, 5.41) is 14.4. The van der Waals surface area contributed by atoms with Gasteiger partial charge in [0.05, 0.1) is 10.7 Å². The zero-order valence-electron chi connectivity index (χ0n) is 10.7. The van der Waals surface area contributed by atoms with Crippen molar-refractivity contribution >= 4 is 63.6 Å². The van der Waals surface area contributed by atoms with Crippen LogP contribution in [-0.2, 0) is 4.79 Å². The fourth-order valence-corrected chi connectivity index (χ4v) is 2.78. The van der Waals surface area contributed by atoms with Crippen molar-refractivity contribution in [2.75, 3.05) is 17.3 Å². The number of amides is 2. The highest BCUT2D eigenvalue weighted by molar-refractivity contribution is 14.1. The molecule has 5 nitrogen and oxygen atoms in total. The van der Waals surface area contributed by atoms with E-state index in [1.165, 1.54) is 11.8 Å². The van der Waals surface area contributed by atoms with Crippen LogP contribution in [0.4, 0.5) is 10.5 Å². The lowest BCUT2D eigenvalue weighted by Gasteiger charge is -2.15. The first kappa shape index (κ1) is 17.4. The number of hydrogen-bond acceptors (Lipinski definition) is 3. The highest BCUT2D eigenvalue weighted by atomic mass is 127. The topological polar surface area (TPSA) is 78.4 Å². The summed E-state index contributed by atoms with van der Waals surface area (Å²) in [6.07, 6.45) is 2.24. The van der Waals surface area contributed by atoms with E-state index in [1.54, 1.807) is 18.2 Å². The Bertz CT molecular complexity index is 502. The number of thioether (sulfide) groups is 1. The van der Waals surface area contributed by atoms with Gasteiger partial charge in [-0.3, -0.25) is 0 Å². The van der Waals surface area contributed by atoms with E-state index in [0.717, 1.165) is 3.57 Å². The largest absolute Gasteiger partial charge is 0.480 e. The van der Waals surface area contributed by atoms with Crippen molar-refractivity contribution in [2.24, 2.45) is 0 Å². The summed E-state index contributed by atoms with van der Waals surface area (Å²) in [5.74, 6) is -0.399. The molecule has 2 amide bonds. The lowest BCUT2D eigenvalue weighted by molar-refractivity contribution is -0.139. The molecule has 0 aliphatic rings. The number of nitrogens with one attached hydrogen (secondary N) is 2. The molecule has 1 unspecified atom stereocenters. The molecule has 8 heteroatoms. The van der Waals surface area contributed by atoms with Crippen LogP contribution < -0.4 is 10.6 Å². The first-order valence-electron chi connectivity index (χ1n) is 5.68. The molecule has 3 N–H and O–H groups in total. The van der Waals surface area contributed by atoms with Gasteiger partial charge in [0.15, 0.2) is 0 Å². The standard InChI is InChI=1S/C12H14ClIN2O3S/c1-20-5-4-10(11(17)18)16-12(19)15-9-3-2-7(14)6-8(9)13/h2-3,6,10H,4-5H2,1H3,(H,17,18)(H2,15,16,19). The maximum absolute atomic E-state index is 11.8. The number of anilines is 1. The third-order valence-electron chi connectivity index (χ3n) is 2.39. The van der Waals surface area contributed by atoms with E-state index < -0.39 is 18.0 Å².